The first-order valence-electron chi connectivity index (χ1n) is 12.7. The summed E-state index contributed by atoms with van der Waals surface area (Å²) in [6.45, 7) is -1.80. The lowest BCUT2D eigenvalue weighted by molar-refractivity contribution is -0.146. The third kappa shape index (κ3) is 5.41. The van der Waals surface area contributed by atoms with Crippen LogP contribution >= 0.6 is 6.72 Å². The number of amides is 1. The highest BCUT2D eigenvalue weighted by Gasteiger charge is 2.54. The number of ether oxygens (including phenoxy) is 1. The summed E-state index contributed by atoms with van der Waals surface area (Å²) < 4.78 is 18.0. The van der Waals surface area contributed by atoms with E-state index in [9.17, 15) is 19.3 Å². The number of carbonyl (C=O) groups excluding carboxylic acids is 1. The summed E-state index contributed by atoms with van der Waals surface area (Å²) in [4.78, 5) is 49.4. The monoisotopic (exact) mass is 542 g/mol. The van der Waals surface area contributed by atoms with Gasteiger partial charge in [0, 0.05) is 36.2 Å². The van der Waals surface area contributed by atoms with E-state index in [1.165, 1.54) is 30.0 Å². The SMILES string of the molecule is Cc1cn(C2C[C@H](N)[C@@H](COP(O)(=S)OCCNC(=O)C34CC5CC(CC(C5)C3)C4)O2)c(=O)[nH]c1=O. The standard InChI is InChI=1S/C23H35N4O7PS/c1-13-11-27(22(30)26-20(13)28)19-7-17(24)18(34-19)12-33-35(31,36)32-3-2-25-21(29)23-8-14-4-15(9-23)6-16(5-14)10-23/h11,14-19H,2-10,12,24H2,1H3,(H,25,29)(H,31,36)(H,26,28,30)/t14?,15?,16?,17-,18+,19?,23?,35?/m0/s1. The molecule has 2 heterocycles. The average Bonchev–Trinajstić information content (AvgIpc) is 3.17. The number of nitrogens with zero attached hydrogens (tertiary/aromatic N) is 1. The molecule has 36 heavy (non-hydrogen) atoms. The molecule has 1 aromatic heterocycles. The normalized spacial score (nSPS) is 36.6. The van der Waals surface area contributed by atoms with Crippen LogP contribution in [-0.2, 0) is 30.4 Å². The zero-order valence-electron chi connectivity index (χ0n) is 20.4. The third-order valence-corrected chi connectivity index (χ3v) is 9.92. The van der Waals surface area contributed by atoms with Gasteiger partial charge in [-0.05, 0) is 75.0 Å². The van der Waals surface area contributed by atoms with Crippen LogP contribution in [0.4, 0.5) is 0 Å². The first-order valence-corrected chi connectivity index (χ1v) is 15.3. The Balaban J connectivity index is 1.07. The van der Waals surface area contributed by atoms with Gasteiger partial charge < -0.3 is 29.7 Å². The summed E-state index contributed by atoms with van der Waals surface area (Å²) in [6.07, 6.45) is 7.24. The van der Waals surface area contributed by atoms with Crippen molar-refractivity contribution in [3.05, 3.63) is 32.6 Å². The molecule has 5 aliphatic rings. The van der Waals surface area contributed by atoms with Crippen molar-refractivity contribution in [3.63, 3.8) is 0 Å². The quantitative estimate of drug-likeness (QED) is 0.264. The topological polar surface area (TPSA) is 158 Å². The first-order chi connectivity index (χ1) is 17.0. The predicted octanol–water partition coefficient (Wildman–Crippen LogP) is 1.04. The van der Waals surface area contributed by atoms with Gasteiger partial charge in [-0.3, -0.25) is 19.1 Å². The number of aryl methyl sites for hydroxylation is 1. The Bertz CT molecular complexity index is 1130. The fourth-order valence-electron chi connectivity index (χ4n) is 6.99. The van der Waals surface area contributed by atoms with E-state index < -0.39 is 36.3 Å². The lowest BCUT2D eigenvalue weighted by Crippen LogP contribution is -2.53. The zero-order chi connectivity index (χ0) is 25.7. The highest BCUT2D eigenvalue weighted by molar-refractivity contribution is 8.07. The second-order valence-electron chi connectivity index (χ2n) is 11.1. The Morgan fingerprint density at radius 2 is 1.89 bits per heavy atom. The lowest BCUT2D eigenvalue weighted by atomic mass is 9.49. The van der Waals surface area contributed by atoms with E-state index in [0.29, 0.717) is 29.7 Å². The average molecular weight is 543 g/mol. The van der Waals surface area contributed by atoms with Crippen molar-refractivity contribution < 1.29 is 23.5 Å². The highest BCUT2D eigenvalue weighted by atomic mass is 32.5. The van der Waals surface area contributed by atoms with Gasteiger partial charge in [-0.2, -0.15) is 0 Å². The van der Waals surface area contributed by atoms with E-state index in [-0.39, 0.29) is 31.1 Å². The number of H-pyrrole nitrogens is 1. The number of nitrogens with two attached hydrogens (primary N) is 1. The van der Waals surface area contributed by atoms with Gasteiger partial charge in [0.2, 0.25) is 5.91 Å². The van der Waals surface area contributed by atoms with Crippen LogP contribution in [0, 0.1) is 30.1 Å². The van der Waals surface area contributed by atoms with Crippen LogP contribution in [0.15, 0.2) is 15.8 Å². The number of hydrogen-bond donors (Lipinski definition) is 4. The van der Waals surface area contributed by atoms with Gasteiger partial charge in [0.15, 0.2) is 0 Å². The molecular weight excluding hydrogens is 507 g/mol. The van der Waals surface area contributed by atoms with Gasteiger partial charge in [0.1, 0.15) is 6.23 Å². The Labute approximate surface area is 214 Å². The molecule has 1 saturated heterocycles. The molecule has 6 rings (SSSR count). The lowest BCUT2D eigenvalue weighted by Gasteiger charge is -2.55. The summed E-state index contributed by atoms with van der Waals surface area (Å²) >= 11 is 5.10. The number of carbonyl (C=O) groups is 1. The molecule has 5 N–H and O–H groups in total. The van der Waals surface area contributed by atoms with Gasteiger partial charge in [-0.1, -0.05) is 0 Å². The van der Waals surface area contributed by atoms with E-state index in [1.807, 2.05) is 0 Å². The zero-order valence-corrected chi connectivity index (χ0v) is 22.1. The molecule has 11 nitrogen and oxygen atoms in total. The molecule has 1 aromatic rings. The maximum Gasteiger partial charge on any atom is 0.330 e. The van der Waals surface area contributed by atoms with E-state index in [1.54, 1.807) is 6.92 Å². The second kappa shape index (κ2) is 10.1. The minimum Gasteiger partial charge on any atom is -0.353 e. The van der Waals surface area contributed by atoms with Crippen molar-refractivity contribution in [3.8, 4) is 0 Å². The fourth-order valence-corrected chi connectivity index (χ4v) is 8.13. The Morgan fingerprint density at radius 3 is 2.53 bits per heavy atom. The summed E-state index contributed by atoms with van der Waals surface area (Å²) in [5.41, 5.74) is 5.25. The van der Waals surface area contributed by atoms with Crippen molar-refractivity contribution in [1.29, 1.82) is 0 Å². The van der Waals surface area contributed by atoms with Gasteiger partial charge in [0.25, 0.3) is 5.56 Å². The van der Waals surface area contributed by atoms with Crippen LogP contribution in [-0.4, -0.2) is 52.3 Å². The molecule has 2 unspecified atom stereocenters. The Kier molecular flexibility index (Phi) is 7.32. The molecule has 1 amide bonds. The van der Waals surface area contributed by atoms with Gasteiger partial charge in [-0.15, -0.1) is 0 Å². The van der Waals surface area contributed by atoms with Crippen molar-refractivity contribution in [1.82, 2.24) is 14.9 Å². The van der Waals surface area contributed by atoms with Crippen LogP contribution < -0.4 is 22.3 Å². The molecular formula is C23H35N4O7PS. The van der Waals surface area contributed by atoms with E-state index in [0.717, 1.165) is 19.3 Å². The number of aromatic amines is 1. The van der Waals surface area contributed by atoms with E-state index in [2.05, 4.69) is 10.3 Å². The molecule has 5 fully saturated rings. The van der Waals surface area contributed by atoms with Crippen molar-refractivity contribution in [2.75, 3.05) is 19.8 Å². The second-order valence-corrected chi connectivity index (χ2v) is 13.9. The van der Waals surface area contributed by atoms with Gasteiger partial charge in [0.05, 0.1) is 19.3 Å². The molecule has 200 valence electrons. The van der Waals surface area contributed by atoms with Crippen LogP contribution in [0.3, 0.4) is 0 Å². The maximum absolute atomic E-state index is 13.0. The largest absolute Gasteiger partial charge is 0.353 e. The van der Waals surface area contributed by atoms with Crippen LogP contribution in [0.5, 0.6) is 0 Å². The van der Waals surface area contributed by atoms with Gasteiger partial charge >= 0.3 is 12.4 Å². The third-order valence-electron chi connectivity index (χ3n) is 8.30. The van der Waals surface area contributed by atoms with Crippen molar-refractivity contribution in [2.45, 2.75) is 70.2 Å². The molecule has 4 saturated carbocycles. The smallest absolute Gasteiger partial charge is 0.330 e. The Hall–Kier alpha value is -1.40. The molecule has 0 spiro atoms. The van der Waals surface area contributed by atoms with E-state index >= 15 is 0 Å². The van der Waals surface area contributed by atoms with Crippen LogP contribution in [0.25, 0.3) is 0 Å². The minimum absolute atomic E-state index is 0.0398. The fraction of sp³-hybridized carbons (Fsp3) is 0.783. The van der Waals surface area contributed by atoms with E-state index in [4.69, 9.17) is 31.3 Å². The summed E-state index contributed by atoms with van der Waals surface area (Å²) in [5, 5.41) is 2.99. The molecule has 0 aromatic carbocycles. The molecule has 4 bridgehead atoms. The molecule has 13 heteroatoms. The number of aromatic nitrogens is 2. The maximum atomic E-state index is 13.0. The molecule has 4 atom stereocenters. The summed E-state index contributed by atoms with van der Waals surface area (Å²) in [5.74, 6) is 2.16. The Morgan fingerprint density at radius 1 is 1.25 bits per heavy atom. The predicted molar refractivity (Wildman–Crippen MR) is 135 cm³/mol. The number of rotatable bonds is 9. The molecule has 4 aliphatic carbocycles. The molecule has 0 radical (unpaired) electrons. The number of nitrogens with one attached hydrogen (secondary N) is 2. The number of hydrogen-bond acceptors (Lipinski definition) is 8. The summed E-state index contributed by atoms with van der Waals surface area (Å²) in [6, 6.07) is -0.469. The highest BCUT2D eigenvalue weighted by Crippen LogP contribution is 2.60. The van der Waals surface area contributed by atoms with Crippen LogP contribution in [0.2, 0.25) is 0 Å². The van der Waals surface area contributed by atoms with Gasteiger partial charge in [-0.25, -0.2) is 4.79 Å². The van der Waals surface area contributed by atoms with Crippen LogP contribution in [0.1, 0.15) is 56.7 Å². The minimum atomic E-state index is -3.57. The first kappa shape index (κ1) is 26.2. The summed E-state index contributed by atoms with van der Waals surface area (Å²) in [7, 11) is 0. The van der Waals surface area contributed by atoms with Crippen molar-refractivity contribution in [2.24, 2.45) is 28.9 Å². The van der Waals surface area contributed by atoms with Crippen molar-refractivity contribution >= 4 is 24.4 Å². The molecule has 1 aliphatic heterocycles.